The van der Waals surface area contributed by atoms with E-state index in [1.807, 2.05) is 0 Å². The summed E-state index contributed by atoms with van der Waals surface area (Å²) in [5.41, 5.74) is 4.65. The Hall–Kier alpha value is -3.23. The maximum absolute atomic E-state index is 12.6. The van der Waals surface area contributed by atoms with E-state index in [0.717, 1.165) is 36.5 Å². The fourth-order valence-electron chi connectivity index (χ4n) is 2.05. The molecule has 0 saturated carbocycles. The minimum atomic E-state index is -4.94. The maximum atomic E-state index is 12.6. The number of rotatable bonds is 5. The Morgan fingerprint density at radius 3 is 2.24 bits per heavy atom. The van der Waals surface area contributed by atoms with Crippen LogP contribution < -0.4 is 16.3 Å². The van der Waals surface area contributed by atoms with E-state index in [1.54, 1.807) is 0 Å². The molecule has 0 atom stereocenters. The van der Waals surface area contributed by atoms with Gasteiger partial charge in [-0.2, -0.15) is 0 Å². The fraction of sp³-hybridized carbons (Fsp3) is 0.133. The van der Waals surface area contributed by atoms with E-state index < -0.39 is 56.6 Å². The molecule has 0 aliphatic heterocycles. The lowest BCUT2D eigenvalue weighted by Crippen LogP contribution is -2.44. The number of carbonyl (C=O) groups is 2. The first-order valence-electron chi connectivity index (χ1n) is 7.46. The number of aromatic nitrogens is 1. The van der Waals surface area contributed by atoms with Gasteiger partial charge in [-0.1, -0.05) is 0 Å². The quantitative estimate of drug-likeness (QED) is 0.339. The number of ether oxygens (including phenoxy) is 1. The molecule has 0 radical (unpaired) electrons. The number of halogens is 3. The van der Waals surface area contributed by atoms with E-state index in [9.17, 15) is 31.2 Å². The summed E-state index contributed by atoms with van der Waals surface area (Å²) in [6.45, 7) is -1.05. The number of nitrogen functional groups attached to an aromatic ring is 1. The zero-order valence-corrected chi connectivity index (χ0v) is 15.1. The van der Waals surface area contributed by atoms with Crippen molar-refractivity contribution in [3.8, 4) is 5.75 Å². The minimum Gasteiger partial charge on any atom is -0.406 e. The summed E-state index contributed by atoms with van der Waals surface area (Å²) in [5, 5.41) is 8.77. The van der Waals surface area contributed by atoms with Crippen LogP contribution in [0.4, 0.5) is 18.9 Å². The number of benzene rings is 1. The average Bonchev–Trinajstić information content (AvgIpc) is 2.65. The van der Waals surface area contributed by atoms with E-state index in [1.165, 1.54) is 0 Å². The number of alkyl halides is 3. The van der Waals surface area contributed by atoms with E-state index >= 15 is 0 Å². The Morgan fingerprint density at radius 1 is 1.17 bits per heavy atom. The number of amides is 2. The average molecular weight is 434 g/mol. The van der Waals surface area contributed by atoms with Gasteiger partial charge >= 0.3 is 6.36 Å². The van der Waals surface area contributed by atoms with Crippen LogP contribution in [0, 0.1) is 0 Å². The predicted octanol–water partition coefficient (Wildman–Crippen LogP) is 0.230. The first kappa shape index (κ1) is 22.1. The summed E-state index contributed by atoms with van der Waals surface area (Å²) < 4.78 is 65.4. The number of hydrazine groups is 1. The first-order chi connectivity index (χ1) is 13.4. The highest BCUT2D eigenvalue weighted by atomic mass is 32.2. The molecule has 0 aliphatic rings. The maximum Gasteiger partial charge on any atom is 0.573 e. The fourth-order valence-corrected chi connectivity index (χ4v) is 3.29. The third-order valence-corrected chi connectivity index (χ3v) is 5.13. The van der Waals surface area contributed by atoms with E-state index in [4.69, 9.17) is 16.7 Å². The summed E-state index contributed by atoms with van der Waals surface area (Å²) in [6, 6.07) is 4.25. The van der Waals surface area contributed by atoms with Gasteiger partial charge in [-0.25, -0.2) is 24.3 Å². The van der Waals surface area contributed by atoms with Gasteiger partial charge in [-0.05, 0) is 30.3 Å². The number of nitrogens with zero attached hydrogens (tertiary/aromatic N) is 2. The van der Waals surface area contributed by atoms with Crippen molar-refractivity contribution in [2.45, 2.75) is 16.2 Å². The predicted molar refractivity (Wildman–Crippen MR) is 89.7 cm³/mol. The van der Waals surface area contributed by atoms with Gasteiger partial charge in [0.2, 0.25) is 9.84 Å². The van der Waals surface area contributed by atoms with E-state index in [2.05, 4.69) is 9.72 Å². The molecule has 0 spiro atoms. The lowest BCUT2D eigenvalue weighted by molar-refractivity contribution is -0.274. The number of anilines is 1. The molecule has 2 aromatic rings. The van der Waals surface area contributed by atoms with Crippen molar-refractivity contribution in [2.75, 3.05) is 12.3 Å². The van der Waals surface area contributed by atoms with Crippen molar-refractivity contribution in [2.24, 2.45) is 5.84 Å². The Labute approximate surface area is 161 Å². The second kappa shape index (κ2) is 8.02. The number of hydrogen-bond acceptors (Lipinski definition) is 9. The Kier molecular flexibility index (Phi) is 6.10. The van der Waals surface area contributed by atoms with Crippen LogP contribution in [0.25, 0.3) is 0 Å². The monoisotopic (exact) mass is 434 g/mol. The Bertz CT molecular complexity index is 1040. The smallest absolute Gasteiger partial charge is 0.406 e. The summed E-state index contributed by atoms with van der Waals surface area (Å²) >= 11 is 0. The molecular formula is C15H13F3N4O6S. The third kappa shape index (κ3) is 4.98. The van der Waals surface area contributed by atoms with Crippen LogP contribution in [0.3, 0.4) is 0 Å². The Morgan fingerprint density at radius 2 is 1.76 bits per heavy atom. The number of carbonyl (C=O) groups excluding carboxylic acids is 2. The second-order valence-corrected chi connectivity index (χ2v) is 7.31. The second-order valence-electron chi connectivity index (χ2n) is 5.36. The molecule has 29 heavy (non-hydrogen) atoms. The van der Waals surface area contributed by atoms with Crippen molar-refractivity contribution in [1.82, 2.24) is 9.99 Å². The van der Waals surface area contributed by atoms with Gasteiger partial charge in [0.25, 0.3) is 11.8 Å². The molecule has 0 unspecified atom stereocenters. The molecule has 2 amide bonds. The van der Waals surface area contributed by atoms with Gasteiger partial charge in [0.05, 0.1) is 15.5 Å². The molecule has 0 aliphatic carbocycles. The van der Waals surface area contributed by atoms with Crippen LogP contribution in [0.15, 0.2) is 46.3 Å². The lowest BCUT2D eigenvalue weighted by atomic mass is 10.3. The normalized spacial score (nSPS) is 11.8. The Balaban J connectivity index is 2.33. The SMILES string of the molecule is Nc1cc(S(=O)(=O)c2ccc(OC(F)(F)F)cc2)cnc1C(=O)N(N)C(=O)CO. The van der Waals surface area contributed by atoms with E-state index in [-0.39, 0.29) is 9.90 Å². The van der Waals surface area contributed by atoms with Crippen LogP contribution in [0.2, 0.25) is 0 Å². The molecule has 5 N–H and O–H groups in total. The highest BCUT2D eigenvalue weighted by Crippen LogP contribution is 2.27. The van der Waals surface area contributed by atoms with Crippen molar-refractivity contribution in [3.63, 3.8) is 0 Å². The summed E-state index contributed by atoms with van der Waals surface area (Å²) in [4.78, 5) is 26.0. The molecule has 0 bridgehead atoms. The zero-order valence-electron chi connectivity index (χ0n) is 14.3. The molecule has 10 nitrogen and oxygen atoms in total. The summed E-state index contributed by atoms with van der Waals surface area (Å²) in [5.74, 6) is 2.27. The number of aliphatic hydroxyl groups is 1. The number of aliphatic hydroxyl groups excluding tert-OH is 1. The molecule has 1 aromatic heterocycles. The van der Waals surface area contributed by atoms with Crippen LogP contribution >= 0.6 is 0 Å². The molecule has 0 fully saturated rings. The number of pyridine rings is 1. The van der Waals surface area contributed by atoms with Crippen molar-refractivity contribution in [1.29, 1.82) is 0 Å². The van der Waals surface area contributed by atoms with Gasteiger partial charge in [0, 0.05) is 6.20 Å². The van der Waals surface area contributed by atoms with E-state index in [0.29, 0.717) is 0 Å². The number of imide groups is 1. The van der Waals surface area contributed by atoms with Crippen LogP contribution in [0.5, 0.6) is 5.75 Å². The molecular weight excluding hydrogens is 421 g/mol. The van der Waals surface area contributed by atoms with Crippen LogP contribution in [0.1, 0.15) is 10.5 Å². The van der Waals surface area contributed by atoms with Gasteiger partial charge < -0.3 is 15.6 Å². The van der Waals surface area contributed by atoms with Crippen molar-refractivity contribution < 1.29 is 41.0 Å². The molecule has 1 heterocycles. The summed E-state index contributed by atoms with van der Waals surface area (Å²) in [6.07, 6.45) is -4.17. The topological polar surface area (TPSA) is 166 Å². The van der Waals surface area contributed by atoms with Gasteiger partial charge in [-0.15, -0.1) is 13.2 Å². The minimum absolute atomic E-state index is 0.0617. The zero-order chi connectivity index (χ0) is 22.0. The van der Waals surface area contributed by atoms with Crippen LogP contribution in [-0.4, -0.2) is 48.3 Å². The van der Waals surface area contributed by atoms with Crippen LogP contribution in [-0.2, 0) is 14.6 Å². The first-order valence-corrected chi connectivity index (χ1v) is 8.94. The van der Waals surface area contributed by atoms with Crippen molar-refractivity contribution >= 4 is 27.3 Å². The number of sulfone groups is 1. The highest BCUT2D eigenvalue weighted by molar-refractivity contribution is 7.91. The van der Waals surface area contributed by atoms with Gasteiger partial charge in [-0.3, -0.25) is 9.59 Å². The number of hydrogen-bond donors (Lipinski definition) is 3. The molecule has 156 valence electrons. The highest BCUT2D eigenvalue weighted by Gasteiger charge is 2.31. The molecule has 0 saturated heterocycles. The van der Waals surface area contributed by atoms with Gasteiger partial charge in [0.15, 0.2) is 5.69 Å². The molecule has 2 rings (SSSR count). The largest absolute Gasteiger partial charge is 0.573 e. The standard InChI is InChI=1S/C15H13F3N4O6S/c16-15(17,18)28-8-1-3-9(4-2-8)29(26,27)10-5-11(19)13(21-6-10)14(25)22(20)12(24)7-23/h1-6,23H,7,19-20H2. The third-order valence-electron chi connectivity index (χ3n) is 3.40. The lowest BCUT2D eigenvalue weighted by Gasteiger charge is -2.14. The van der Waals surface area contributed by atoms with Crippen molar-refractivity contribution in [3.05, 3.63) is 42.2 Å². The molecule has 1 aromatic carbocycles. The summed E-state index contributed by atoms with van der Waals surface area (Å²) in [7, 11) is -4.25. The van der Waals surface area contributed by atoms with Gasteiger partial charge in [0.1, 0.15) is 12.4 Å². The molecule has 14 heteroatoms. The number of nitrogens with two attached hydrogens (primary N) is 2.